The van der Waals surface area contributed by atoms with Gasteiger partial charge in [-0.3, -0.25) is 4.79 Å². The second-order valence-electron chi connectivity index (χ2n) is 9.15. The molecule has 4 heteroatoms. The van der Waals surface area contributed by atoms with Crippen LogP contribution in [0.4, 0.5) is 0 Å². The van der Waals surface area contributed by atoms with E-state index in [1.165, 1.54) is 6.42 Å². The number of ether oxygens (including phenoxy) is 3. The summed E-state index contributed by atoms with van der Waals surface area (Å²) in [5, 5.41) is 0. The Hall–Kier alpha value is -0.450. The van der Waals surface area contributed by atoms with Gasteiger partial charge in [-0.2, -0.15) is 0 Å². The number of hydrogen-bond acceptors (Lipinski definition) is 4. The standard InChI is InChI=1S/C21H36O4/c1-13-11-17(25-12-23-5)20(4)14(2)7-9-21(15(3)18(13)22)10-8-16(24-6)19(20)21/h13-17,19H,7-12H2,1-6H3/t13-,14+,15-,16+,17+,19?,20-,21?/m0/s1. The van der Waals surface area contributed by atoms with Gasteiger partial charge in [-0.15, -0.1) is 0 Å². The topological polar surface area (TPSA) is 44.8 Å². The van der Waals surface area contributed by atoms with Gasteiger partial charge in [0.25, 0.3) is 0 Å². The van der Waals surface area contributed by atoms with E-state index in [-0.39, 0.29) is 34.9 Å². The maximum absolute atomic E-state index is 13.2. The molecule has 0 aromatic rings. The van der Waals surface area contributed by atoms with Crippen LogP contribution in [0.5, 0.6) is 0 Å². The highest BCUT2D eigenvalue weighted by molar-refractivity contribution is 5.84. The fraction of sp³-hybridized carbons (Fsp3) is 0.952. The summed E-state index contributed by atoms with van der Waals surface area (Å²) in [6.45, 7) is 9.35. The summed E-state index contributed by atoms with van der Waals surface area (Å²) >= 11 is 0. The first kappa shape index (κ1) is 19.3. The molecule has 0 aromatic heterocycles. The lowest BCUT2D eigenvalue weighted by Gasteiger charge is -2.61. The fourth-order valence-corrected chi connectivity index (χ4v) is 6.78. The molecule has 3 saturated carbocycles. The van der Waals surface area contributed by atoms with E-state index in [2.05, 4.69) is 27.7 Å². The molecule has 8 atom stereocenters. The number of ketones is 1. The van der Waals surface area contributed by atoms with Gasteiger partial charge < -0.3 is 14.2 Å². The van der Waals surface area contributed by atoms with Gasteiger partial charge in [0, 0.05) is 31.5 Å². The Balaban J connectivity index is 2.12. The Bertz CT molecular complexity index is 506. The first-order chi connectivity index (χ1) is 11.8. The molecule has 3 fully saturated rings. The van der Waals surface area contributed by atoms with Gasteiger partial charge in [-0.25, -0.2) is 0 Å². The quantitative estimate of drug-likeness (QED) is 0.716. The molecule has 25 heavy (non-hydrogen) atoms. The zero-order chi connectivity index (χ0) is 18.4. The van der Waals surface area contributed by atoms with Crippen molar-refractivity contribution >= 4 is 5.78 Å². The molecule has 0 amide bonds. The van der Waals surface area contributed by atoms with Crippen LogP contribution < -0.4 is 0 Å². The van der Waals surface area contributed by atoms with Crippen LogP contribution in [0.2, 0.25) is 0 Å². The van der Waals surface area contributed by atoms with Gasteiger partial charge in [0.2, 0.25) is 0 Å². The molecule has 2 bridgehead atoms. The van der Waals surface area contributed by atoms with Gasteiger partial charge in [-0.1, -0.05) is 27.7 Å². The van der Waals surface area contributed by atoms with Crippen molar-refractivity contribution in [3.63, 3.8) is 0 Å². The van der Waals surface area contributed by atoms with E-state index in [1.54, 1.807) is 7.11 Å². The number of Topliss-reactive ketones (excluding diaryl/α,β-unsaturated/α-hetero) is 1. The van der Waals surface area contributed by atoms with E-state index in [4.69, 9.17) is 14.2 Å². The third-order valence-electron chi connectivity index (χ3n) is 8.39. The zero-order valence-electron chi connectivity index (χ0n) is 16.8. The van der Waals surface area contributed by atoms with Gasteiger partial charge in [-0.05, 0) is 49.4 Å². The second kappa shape index (κ2) is 6.94. The Labute approximate surface area is 153 Å². The SMILES string of the molecule is COCO[C@@H]1C[C@H](C)C(=O)[C@H](C)C23CC[C@@H](C)[C@]1(C)C2[C@H](OC)CC3. The van der Waals surface area contributed by atoms with Crippen molar-refractivity contribution in [1.29, 1.82) is 0 Å². The van der Waals surface area contributed by atoms with Gasteiger partial charge in [0.15, 0.2) is 0 Å². The molecule has 3 aliphatic rings. The highest BCUT2D eigenvalue weighted by Crippen LogP contribution is 2.67. The van der Waals surface area contributed by atoms with Crippen LogP contribution >= 0.6 is 0 Å². The molecule has 0 aromatic carbocycles. The fourth-order valence-electron chi connectivity index (χ4n) is 6.78. The lowest BCUT2D eigenvalue weighted by Crippen LogP contribution is -2.61. The van der Waals surface area contributed by atoms with E-state index >= 15 is 0 Å². The molecular weight excluding hydrogens is 316 g/mol. The molecule has 0 aliphatic heterocycles. The highest BCUT2D eigenvalue weighted by Gasteiger charge is 2.66. The van der Waals surface area contributed by atoms with Crippen LogP contribution in [0.3, 0.4) is 0 Å². The van der Waals surface area contributed by atoms with Crippen molar-refractivity contribution in [2.75, 3.05) is 21.0 Å². The number of rotatable bonds is 4. The molecule has 0 saturated heterocycles. The molecular formula is C21H36O4. The molecule has 0 radical (unpaired) electrons. The van der Waals surface area contributed by atoms with Crippen molar-refractivity contribution in [3.05, 3.63) is 0 Å². The van der Waals surface area contributed by atoms with Crippen LogP contribution in [-0.4, -0.2) is 39.0 Å². The smallest absolute Gasteiger partial charge is 0.146 e. The lowest BCUT2D eigenvalue weighted by molar-refractivity contribution is -0.213. The largest absolute Gasteiger partial charge is 0.381 e. The van der Waals surface area contributed by atoms with Gasteiger partial charge in [0.05, 0.1) is 12.2 Å². The first-order valence-corrected chi connectivity index (χ1v) is 10.00. The molecule has 0 N–H and O–H groups in total. The molecule has 144 valence electrons. The van der Waals surface area contributed by atoms with Crippen LogP contribution in [0.1, 0.15) is 59.8 Å². The second-order valence-corrected chi connectivity index (χ2v) is 9.15. The summed E-state index contributed by atoms with van der Waals surface area (Å²) in [4.78, 5) is 13.2. The molecule has 0 heterocycles. The first-order valence-electron chi connectivity index (χ1n) is 10.00. The van der Waals surface area contributed by atoms with Crippen molar-refractivity contribution in [2.45, 2.75) is 72.0 Å². The summed E-state index contributed by atoms with van der Waals surface area (Å²) < 4.78 is 17.5. The summed E-state index contributed by atoms with van der Waals surface area (Å²) in [6, 6.07) is 0. The van der Waals surface area contributed by atoms with Crippen molar-refractivity contribution < 1.29 is 19.0 Å². The zero-order valence-corrected chi connectivity index (χ0v) is 16.8. The van der Waals surface area contributed by atoms with Gasteiger partial charge in [0.1, 0.15) is 12.6 Å². The van der Waals surface area contributed by atoms with E-state index in [0.29, 0.717) is 24.4 Å². The Morgan fingerprint density at radius 3 is 2.44 bits per heavy atom. The summed E-state index contributed by atoms with van der Waals surface area (Å²) in [5.41, 5.74) is 0.0829. The summed E-state index contributed by atoms with van der Waals surface area (Å²) in [6.07, 6.45) is 5.53. The number of methoxy groups -OCH3 is 2. The summed E-state index contributed by atoms with van der Waals surface area (Å²) in [5.74, 6) is 1.51. The Morgan fingerprint density at radius 2 is 1.80 bits per heavy atom. The number of hydrogen-bond donors (Lipinski definition) is 0. The highest BCUT2D eigenvalue weighted by atomic mass is 16.7. The molecule has 3 rings (SSSR count). The minimum Gasteiger partial charge on any atom is -0.381 e. The predicted molar refractivity (Wildman–Crippen MR) is 97.2 cm³/mol. The van der Waals surface area contributed by atoms with Crippen molar-refractivity contribution in [2.24, 2.45) is 34.5 Å². The average Bonchev–Trinajstić information content (AvgIpc) is 3.00. The lowest BCUT2D eigenvalue weighted by atomic mass is 9.45. The minimum atomic E-state index is 0.0111. The van der Waals surface area contributed by atoms with E-state index in [9.17, 15) is 4.79 Å². The minimum absolute atomic E-state index is 0.0111. The third kappa shape index (κ3) is 2.71. The summed E-state index contributed by atoms with van der Waals surface area (Å²) in [7, 11) is 3.51. The Morgan fingerprint density at radius 1 is 1.12 bits per heavy atom. The third-order valence-corrected chi connectivity index (χ3v) is 8.39. The van der Waals surface area contributed by atoms with E-state index < -0.39 is 0 Å². The van der Waals surface area contributed by atoms with Crippen LogP contribution in [0.15, 0.2) is 0 Å². The normalized spacial score (nSPS) is 50.2. The van der Waals surface area contributed by atoms with Crippen LogP contribution in [0, 0.1) is 34.5 Å². The number of carbonyl (C=O) groups is 1. The Kier molecular flexibility index (Phi) is 5.36. The molecule has 2 unspecified atom stereocenters. The van der Waals surface area contributed by atoms with Crippen molar-refractivity contribution in [3.8, 4) is 0 Å². The molecule has 0 spiro atoms. The van der Waals surface area contributed by atoms with E-state index in [0.717, 1.165) is 25.7 Å². The predicted octanol–water partition coefficient (Wildman–Crippen LogP) is 4.07. The van der Waals surface area contributed by atoms with Crippen LogP contribution in [-0.2, 0) is 19.0 Å². The van der Waals surface area contributed by atoms with E-state index in [1.807, 2.05) is 7.11 Å². The van der Waals surface area contributed by atoms with Crippen molar-refractivity contribution in [1.82, 2.24) is 0 Å². The average molecular weight is 353 g/mol. The van der Waals surface area contributed by atoms with Gasteiger partial charge >= 0.3 is 0 Å². The monoisotopic (exact) mass is 352 g/mol. The maximum atomic E-state index is 13.2. The molecule has 4 nitrogen and oxygen atoms in total. The number of carbonyl (C=O) groups excluding carboxylic acids is 1. The van der Waals surface area contributed by atoms with Crippen LogP contribution in [0.25, 0.3) is 0 Å². The molecule has 3 aliphatic carbocycles. The maximum Gasteiger partial charge on any atom is 0.146 e.